The highest BCUT2D eigenvalue weighted by Gasteiger charge is 2.01. The van der Waals surface area contributed by atoms with Gasteiger partial charge < -0.3 is 5.43 Å². The van der Waals surface area contributed by atoms with E-state index in [2.05, 4.69) is 15.6 Å². The number of para-hydroxylation sites is 1. The molecule has 5 heteroatoms. The zero-order chi connectivity index (χ0) is 12.2. The molecule has 3 aromatic rings. The van der Waals surface area contributed by atoms with Crippen molar-refractivity contribution in [1.82, 2.24) is 19.7 Å². The first kappa shape index (κ1) is 10.6. The van der Waals surface area contributed by atoms with Crippen LogP contribution in [0.4, 0.5) is 0 Å². The second kappa shape index (κ2) is 4.75. The van der Waals surface area contributed by atoms with E-state index in [1.54, 1.807) is 11.0 Å². The first-order chi connectivity index (χ1) is 8.92. The van der Waals surface area contributed by atoms with Crippen molar-refractivity contribution in [3.63, 3.8) is 0 Å². The Morgan fingerprint density at radius 3 is 2.56 bits per heavy atom. The molecular weight excluding hydrogens is 226 g/mol. The molecule has 2 aromatic heterocycles. The maximum atomic E-state index is 4.41. The predicted octanol–water partition coefficient (Wildman–Crippen LogP) is 1.81. The fourth-order valence-corrected chi connectivity index (χ4v) is 1.67. The Kier molecular flexibility index (Phi) is 2.79. The maximum absolute atomic E-state index is 4.41. The average molecular weight is 239 g/mol. The van der Waals surface area contributed by atoms with Crippen LogP contribution in [0.1, 0.15) is 5.69 Å². The van der Waals surface area contributed by atoms with Crippen LogP contribution in [0.3, 0.4) is 0 Å². The van der Waals surface area contributed by atoms with Crippen molar-refractivity contribution in [2.45, 2.75) is 6.54 Å². The quantitative estimate of drug-likeness (QED) is 0.755. The van der Waals surface area contributed by atoms with Gasteiger partial charge in [-0.3, -0.25) is 4.68 Å². The molecule has 0 radical (unpaired) electrons. The monoisotopic (exact) mass is 239 g/mol. The van der Waals surface area contributed by atoms with Crippen molar-refractivity contribution in [2.24, 2.45) is 0 Å². The van der Waals surface area contributed by atoms with E-state index in [1.165, 1.54) is 0 Å². The van der Waals surface area contributed by atoms with Crippen LogP contribution in [-0.4, -0.2) is 19.7 Å². The van der Waals surface area contributed by atoms with Gasteiger partial charge in [0.15, 0.2) is 0 Å². The van der Waals surface area contributed by atoms with Crippen LogP contribution in [0.15, 0.2) is 61.1 Å². The van der Waals surface area contributed by atoms with Gasteiger partial charge in [0.2, 0.25) is 0 Å². The molecular formula is C13H13N5. The standard InChI is InChI=1S/C13H13N5/c1-2-6-13(7-3-1)18-15-11-12(16-18)10-14-17-8-4-5-9-17/h1-9,11,14H,10H2. The van der Waals surface area contributed by atoms with Gasteiger partial charge in [0.1, 0.15) is 5.69 Å². The number of hydrogen-bond donors (Lipinski definition) is 1. The Bertz CT molecular complexity index is 597. The van der Waals surface area contributed by atoms with Gasteiger partial charge in [0.05, 0.1) is 18.4 Å². The summed E-state index contributed by atoms with van der Waals surface area (Å²) in [6.45, 7) is 0.640. The van der Waals surface area contributed by atoms with E-state index in [9.17, 15) is 0 Å². The number of nitrogens with one attached hydrogen (secondary N) is 1. The molecule has 0 unspecified atom stereocenters. The normalized spacial score (nSPS) is 10.4. The van der Waals surface area contributed by atoms with Crippen LogP contribution >= 0.6 is 0 Å². The average Bonchev–Trinajstić information content (AvgIpc) is 3.09. The first-order valence-corrected chi connectivity index (χ1v) is 5.75. The fourth-order valence-electron chi connectivity index (χ4n) is 1.67. The van der Waals surface area contributed by atoms with E-state index in [-0.39, 0.29) is 0 Å². The van der Waals surface area contributed by atoms with Crippen molar-refractivity contribution in [3.05, 3.63) is 66.7 Å². The highest BCUT2D eigenvalue weighted by atomic mass is 15.5. The summed E-state index contributed by atoms with van der Waals surface area (Å²) in [5.41, 5.74) is 5.07. The van der Waals surface area contributed by atoms with Crippen molar-refractivity contribution in [1.29, 1.82) is 0 Å². The highest BCUT2D eigenvalue weighted by Crippen LogP contribution is 2.04. The minimum atomic E-state index is 0.640. The third-order valence-corrected chi connectivity index (χ3v) is 2.57. The first-order valence-electron chi connectivity index (χ1n) is 5.75. The Morgan fingerprint density at radius 2 is 1.78 bits per heavy atom. The van der Waals surface area contributed by atoms with Crippen molar-refractivity contribution >= 4 is 0 Å². The lowest BCUT2D eigenvalue weighted by molar-refractivity contribution is 0.731. The zero-order valence-corrected chi connectivity index (χ0v) is 9.77. The van der Waals surface area contributed by atoms with Crippen molar-refractivity contribution in [3.8, 4) is 5.69 Å². The van der Waals surface area contributed by atoms with Crippen molar-refractivity contribution < 1.29 is 0 Å². The van der Waals surface area contributed by atoms with Gasteiger partial charge >= 0.3 is 0 Å². The Morgan fingerprint density at radius 1 is 1.00 bits per heavy atom. The van der Waals surface area contributed by atoms with E-state index in [1.807, 2.05) is 59.5 Å². The maximum Gasteiger partial charge on any atom is 0.104 e. The molecule has 3 rings (SSSR count). The molecule has 0 saturated carbocycles. The minimum Gasteiger partial charge on any atom is -0.320 e. The molecule has 0 atom stereocenters. The molecule has 0 spiro atoms. The molecule has 1 aromatic carbocycles. The Labute approximate surface area is 105 Å². The number of rotatable bonds is 4. The molecule has 0 aliphatic rings. The number of nitrogens with zero attached hydrogens (tertiary/aromatic N) is 4. The third-order valence-electron chi connectivity index (χ3n) is 2.57. The van der Waals surface area contributed by atoms with Gasteiger partial charge in [0, 0.05) is 12.4 Å². The van der Waals surface area contributed by atoms with E-state index < -0.39 is 0 Å². The van der Waals surface area contributed by atoms with Gasteiger partial charge in [0.25, 0.3) is 0 Å². The summed E-state index contributed by atoms with van der Waals surface area (Å²) in [7, 11) is 0. The van der Waals surface area contributed by atoms with Gasteiger partial charge in [-0.25, -0.2) is 0 Å². The SMILES string of the molecule is c1ccc(-n2ncc(CNn3cccc3)n2)cc1. The van der Waals surface area contributed by atoms with Crippen LogP contribution in [0.5, 0.6) is 0 Å². The Hall–Kier alpha value is -2.56. The molecule has 0 bridgehead atoms. The van der Waals surface area contributed by atoms with E-state index >= 15 is 0 Å². The van der Waals surface area contributed by atoms with E-state index in [0.717, 1.165) is 11.4 Å². The van der Waals surface area contributed by atoms with Gasteiger partial charge in [-0.15, -0.1) is 0 Å². The van der Waals surface area contributed by atoms with E-state index in [0.29, 0.717) is 6.54 Å². The molecule has 0 aliphatic carbocycles. The summed E-state index contributed by atoms with van der Waals surface area (Å²) in [5, 5.41) is 8.65. The molecule has 5 nitrogen and oxygen atoms in total. The summed E-state index contributed by atoms with van der Waals surface area (Å²) in [6.07, 6.45) is 5.66. The molecule has 0 aliphatic heterocycles. The molecule has 0 amide bonds. The molecule has 2 heterocycles. The number of benzene rings is 1. The van der Waals surface area contributed by atoms with Gasteiger partial charge in [-0.2, -0.15) is 15.0 Å². The second-order valence-electron chi connectivity index (χ2n) is 3.89. The lowest BCUT2D eigenvalue weighted by atomic mass is 10.3. The number of aromatic nitrogens is 4. The number of hydrogen-bond acceptors (Lipinski definition) is 3. The molecule has 18 heavy (non-hydrogen) atoms. The molecule has 90 valence electrons. The molecule has 0 fully saturated rings. The predicted molar refractivity (Wildman–Crippen MR) is 68.9 cm³/mol. The highest BCUT2D eigenvalue weighted by molar-refractivity contribution is 5.28. The zero-order valence-electron chi connectivity index (χ0n) is 9.77. The smallest absolute Gasteiger partial charge is 0.104 e. The van der Waals surface area contributed by atoms with Crippen LogP contribution < -0.4 is 5.43 Å². The van der Waals surface area contributed by atoms with Crippen LogP contribution in [0, 0.1) is 0 Å². The fraction of sp³-hybridized carbons (Fsp3) is 0.0769. The van der Waals surface area contributed by atoms with Gasteiger partial charge in [-0.05, 0) is 24.3 Å². The topological polar surface area (TPSA) is 47.7 Å². The summed E-state index contributed by atoms with van der Waals surface area (Å²) < 4.78 is 1.89. The summed E-state index contributed by atoms with van der Waals surface area (Å²) in [6, 6.07) is 13.8. The van der Waals surface area contributed by atoms with Gasteiger partial charge in [-0.1, -0.05) is 18.2 Å². The molecule has 1 N–H and O–H groups in total. The van der Waals surface area contributed by atoms with Crippen LogP contribution in [0.2, 0.25) is 0 Å². The molecule has 0 saturated heterocycles. The summed E-state index contributed by atoms with van der Waals surface area (Å²) >= 11 is 0. The van der Waals surface area contributed by atoms with Crippen molar-refractivity contribution in [2.75, 3.05) is 5.43 Å². The third kappa shape index (κ3) is 2.24. The van der Waals surface area contributed by atoms with Crippen LogP contribution in [0.25, 0.3) is 5.69 Å². The summed E-state index contributed by atoms with van der Waals surface area (Å²) in [5.74, 6) is 0. The minimum absolute atomic E-state index is 0.640. The van der Waals surface area contributed by atoms with Crippen LogP contribution in [-0.2, 0) is 6.54 Å². The lowest BCUT2D eigenvalue weighted by Gasteiger charge is -2.04. The largest absolute Gasteiger partial charge is 0.320 e. The van der Waals surface area contributed by atoms with E-state index in [4.69, 9.17) is 0 Å². The second-order valence-corrected chi connectivity index (χ2v) is 3.89. The summed E-state index contributed by atoms with van der Waals surface area (Å²) in [4.78, 5) is 1.63. The Balaban J connectivity index is 1.70. The lowest BCUT2D eigenvalue weighted by Crippen LogP contribution is -2.12.